The number of ether oxygens (including phenoxy) is 2. The number of hydrogen-bond acceptors (Lipinski definition) is 4. The molecule has 1 amide bonds. The van der Waals surface area contributed by atoms with Gasteiger partial charge >= 0.3 is 0 Å². The number of amides is 1. The van der Waals surface area contributed by atoms with Gasteiger partial charge in [-0.1, -0.05) is 23.7 Å². The van der Waals surface area contributed by atoms with Crippen LogP contribution in [0.2, 0.25) is 5.02 Å². The summed E-state index contributed by atoms with van der Waals surface area (Å²) in [5.74, 6) is 1.15. The molecular formula is C18H19ClN2O3. The van der Waals surface area contributed by atoms with Gasteiger partial charge in [0.15, 0.2) is 0 Å². The Kier molecular flexibility index (Phi) is 6.63. The maximum Gasteiger partial charge on any atom is 0.244 e. The Bertz CT molecular complexity index is 732. The van der Waals surface area contributed by atoms with Crippen molar-refractivity contribution in [3.63, 3.8) is 0 Å². The molecule has 0 spiro atoms. The number of carbonyl (C=O) groups is 1. The highest BCUT2D eigenvalue weighted by Gasteiger charge is 2.05. The van der Waals surface area contributed by atoms with Crippen LogP contribution in [0.25, 0.3) is 0 Å². The number of benzene rings is 2. The summed E-state index contributed by atoms with van der Waals surface area (Å²) in [4.78, 5) is 12.0. The van der Waals surface area contributed by atoms with Crippen molar-refractivity contribution in [3.8, 4) is 11.5 Å². The molecule has 0 heterocycles. The second kappa shape index (κ2) is 8.93. The number of methoxy groups -OCH3 is 1. The second-order valence-electron chi connectivity index (χ2n) is 4.94. The van der Waals surface area contributed by atoms with E-state index in [-0.39, 0.29) is 12.3 Å². The summed E-state index contributed by atoms with van der Waals surface area (Å²) >= 11 is 5.98. The number of hydrogen-bond donors (Lipinski definition) is 1. The Labute approximate surface area is 146 Å². The summed E-state index contributed by atoms with van der Waals surface area (Å²) in [6, 6.07) is 12.6. The molecule has 24 heavy (non-hydrogen) atoms. The molecule has 0 radical (unpaired) electrons. The Balaban J connectivity index is 1.98. The largest absolute Gasteiger partial charge is 0.497 e. The highest BCUT2D eigenvalue weighted by atomic mass is 35.5. The first kappa shape index (κ1) is 17.8. The van der Waals surface area contributed by atoms with Gasteiger partial charge in [-0.3, -0.25) is 4.79 Å². The quantitative estimate of drug-likeness (QED) is 0.617. The summed E-state index contributed by atoms with van der Waals surface area (Å²) in [6.45, 7) is 2.43. The molecule has 0 fully saturated rings. The van der Waals surface area contributed by atoms with Crippen LogP contribution in [0, 0.1) is 0 Å². The third-order valence-corrected chi connectivity index (χ3v) is 3.40. The Morgan fingerprint density at radius 1 is 1.29 bits per heavy atom. The van der Waals surface area contributed by atoms with Crippen molar-refractivity contribution in [2.45, 2.75) is 13.3 Å². The third kappa shape index (κ3) is 5.28. The van der Waals surface area contributed by atoms with Gasteiger partial charge in [0, 0.05) is 10.6 Å². The van der Waals surface area contributed by atoms with Crippen molar-refractivity contribution >= 4 is 23.7 Å². The normalized spacial score (nSPS) is 10.6. The summed E-state index contributed by atoms with van der Waals surface area (Å²) < 4.78 is 10.6. The van der Waals surface area contributed by atoms with Crippen molar-refractivity contribution < 1.29 is 14.3 Å². The minimum Gasteiger partial charge on any atom is -0.497 e. The monoisotopic (exact) mass is 346 g/mol. The van der Waals surface area contributed by atoms with Crippen LogP contribution >= 0.6 is 11.6 Å². The predicted octanol–water partition coefficient (Wildman–Crippen LogP) is 3.44. The number of carbonyl (C=O) groups excluding carboxylic acids is 1. The van der Waals surface area contributed by atoms with E-state index >= 15 is 0 Å². The number of hydrazone groups is 1. The van der Waals surface area contributed by atoms with E-state index in [1.54, 1.807) is 25.3 Å². The third-order valence-electron chi connectivity index (χ3n) is 3.16. The summed E-state index contributed by atoms with van der Waals surface area (Å²) in [5.41, 5.74) is 4.04. The molecule has 2 rings (SSSR count). The first-order valence-corrected chi connectivity index (χ1v) is 7.87. The molecule has 1 N–H and O–H groups in total. The molecule has 0 aliphatic carbocycles. The van der Waals surface area contributed by atoms with E-state index in [9.17, 15) is 4.79 Å². The molecule has 0 atom stereocenters. The van der Waals surface area contributed by atoms with E-state index in [1.165, 1.54) is 6.21 Å². The molecular weight excluding hydrogens is 328 g/mol. The molecule has 0 bridgehead atoms. The molecule has 126 valence electrons. The van der Waals surface area contributed by atoms with Gasteiger partial charge < -0.3 is 9.47 Å². The van der Waals surface area contributed by atoms with E-state index in [0.717, 1.165) is 5.56 Å². The van der Waals surface area contributed by atoms with Crippen LogP contribution in [-0.2, 0) is 11.2 Å². The molecule has 0 saturated heterocycles. The van der Waals surface area contributed by atoms with Gasteiger partial charge in [-0.15, -0.1) is 0 Å². The minimum atomic E-state index is -0.223. The molecule has 6 heteroatoms. The van der Waals surface area contributed by atoms with E-state index in [1.807, 2.05) is 31.2 Å². The summed E-state index contributed by atoms with van der Waals surface area (Å²) in [5, 5.41) is 4.54. The fraction of sp³-hybridized carbons (Fsp3) is 0.222. The van der Waals surface area contributed by atoms with Crippen molar-refractivity contribution in [1.82, 2.24) is 5.43 Å². The van der Waals surface area contributed by atoms with Crippen LogP contribution < -0.4 is 14.9 Å². The molecule has 2 aromatic rings. The van der Waals surface area contributed by atoms with Crippen LogP contribution in [-0.4, -0.2) is 25.8 Å². The molecule has 0 saturated carbocycles. The van der Waals surface area contributed by atoms with Crippen molar-refractivity contribution in [2.24, 2.45) is 5.10 Å². The lowest BCUT2D eigenvalue weighted by atomic mass is 10.1. The van der Waals surface area contributed by atoms with Crippen LogP contribution in [0.15, 0.2) is 47.6 Å². The van der Waals surface area contributed by atoms with Gasteiger partial charge in [-0.2, -0.15) is 5.10 Å². The Morgan fingerprint density at radius 2 is 2.12 bits per heavy atom. The maximum absolute atomic E-state index is 12.0. The number of nitrogens with one attached hydrogen (secondary N) is 1. The summed E-state index contributed by atoms with van der Waals surface area (Å²) in [7, 11) is 1.59. The number of halogens is 1. The number of rotatable bonds is 7. The SMILES string of the molecule is CCOc1ccc(Cl)cc1/C=N/NC(=O)Cc1cccc(OC)c1. The van der Waals surface area contributed by atoms with Crippen LogP contribution in [0.5, 0.6) is 11.5 Å². The van der Waals surface area contributed by atoms with E-state index in [2.05, 4.69) is 10.5 Å². The van der Waals surface area contributed by atoms with Gasteiger partial charge in [0.05, 0.1) is 26.4 Å². The van der Waals surface area contributed by atoms with Crippen molar-refractivity contribution in [2.75, 3.05) is 13.7 Å². The smallest absolute Gasteiger partial charge is 0.244 e. The first-order valence-electron chi connectivity index (χ1n) is 7.49. The van der Waals surface area contributed by atoms with Gasteiger partial charge in [0.2, 0.25) is 5.91 Å². The molecule has 5 nitrogen and oxygen atoms in total. The predicted molar refractivity (Wildman–Crippen MR) is 95.1 cm³/mol. The van der Waals surface area contributed by atoms with Crippen LogP contribution in [0.4, 0.5) is 0 Å². The standard InChI is InChI=1S/C18H19ClN2O3/c1-3-24-17-8-7-15(19)11-14(17)12-20-21-18(22)10-13-5-4-6-16(9-13)23-2/h4-9,11-12H,3,10H2,1-2H3,(H,21,22)/b20-12+. The Hall–Kier alpha value is -2.53. The van der Waals surface area contributed by atoms with E-state index < -0.39 is 0 Å². The molecule has 0 aliphatic heterocycles. The molecule has 0 unspecified atom stereocenters. The van der Waals surface area contributed by atoms with Crippen LogP contribution in [0.1, 0.15) is 18.1 Å². The van der Waals surface area contributed by atoms with Crippen molar-refractivity contribution in [3.05, 3.63) is 58.6 Å². The zero-order valence-electron chi connectivity index (χ0n) is 13.6. The average Bonchev–Trinajstić information content (AvgIpc) is 2.57. The zero-order chi connectivity index (χ0) is 17.4. The van der Waals surface area contributed by atoms with E-state index in [4.69, 9.17) is 21.1 Å². The lowest BCUT2D eigenvalue weighted by Crippen LogP contribution is -2.19. The number of nitrogens with zero attached hydrogens (tertiary/aromatic N) is 1. The maximum atomic E-state index is 12.0. The lowest BCUT2D eigenvalue weighted by Gasteiger charge is -2.07. The topological polar surface area (TPSA) is 59.9 Å². The lowest BCUT2D eigenvalue weighted by molar-refractivity contribution is -0.120. The van der Waals surface area contributed by atoms with Gasteiger partial charge in [-0.25, -0.2) is 5.43 Å². The zero-order valence-corrected chi connectivity index (χ0v) is 14.3. The fourth-order valence-corrected chi connectivity index (χ4v) is 2.27. The highest BCUT2D eigenvalue weighted by molar-refractivity contribution is 6.30. The van der Waals surface area contributed by atoms with E-state index in [0.29, 0.717) is 28.7 Å². The fourth-order valence-electron chi connectivity index (χ4n) is 2.09. The molecule has 2 aromatic carbocycles. The molecule has 0 aliphatic rings. The summed E-state index contributed by atoms with van der Waals surface area (Å²) in [6.07, 6.45) is 1.72. The van der Waals surface area contributed by atoms with Crippen molar-refractivity contribution in [1.29, 1.82) is 0 Å². The van der Waals surface area contributed by atoms with Gasteiger partial charge in [-0.05, 0) is 42.8 Å². The average molecular weight is 347 g/mol. The van der Waals surface area contributed by atoms with Crippen LogP contribution in [0.3, 0.4) is 0 Å². The minimum absolute atomic E-state index is 0.211. The Morgan fingerprint density at radius 3 is 2.88 bits per heavy atom. The second-order valence-corrected chi connectivity index (χ2v) is 5.37. The first-order chi connectivity index (χ1) is 11.6. The van der Waals surface area contributed by atoms with Gasteiger partial charge in [0.25, 0.3) is 0 Å². The molecule has 0 aromatic heterocycles. The highest BCUT2D eigenvalue weighted by Crippen LogP contribution is 2.21. The van der Waals surface area contributed by atoms with Gasteiger partial charge in [0.1, 0.15) is 11.5 Å².